The molecule has 0 spiro atoms. The molecule has 0 bridgehead atoms. The number of rotatable bonds is 4. The van der Waals surface area contributed by atoms with Crippen LogP contribution in [0, 0.1) is 6.92 Å². The van der Waals surface area contributed by atoms with Crippen molar-refractivity contribution in [3.8, 4) is 0 Å². The number of nitrogens with zero attached hydrogens (tertiary/aromatic N) is 1. The average molecular weight is 321 g/mol. The lowest BCUT2D eigenvalue weighted by Gasteiger charge is -2.11. The first-order chi connectivity index (χ1) is 10.4. The maximum Gasteiger partial charge on any atom is 0.354 e. The summed E-state index contributed by atoms with van der Waals surface area (Å²) in [7, 11) is 2.45. The van der Waals surface area contributed by atoms with Gasteiger partial charge in [-0.05, 0) is 24.6 Å². The van der Waals surface area contributed by atoms with Crippen LogP contribution in [0.25, 0.3) is 10.2 Å². The molecular formula is C14H15N3O4S. The fourth-order valence-electron chi connectivity index (χ4n) is 1.81. The minimum absolute atomic E-state index is 0.0278. The smallest absolute Gasteiger partial charge is 0.354 e. The van der Waals surface area contributed by atoms with Crippen LogP contribution < -0.4 is 11.1 Å². The van der Waals surface area contributed by atoms with Gasteiger partial charge in [0.15, 0.2) is 5.13 Å². The van der Waals surface area contributed by atoms with Crippen molar-refractivity contribution in [1.82, 2.24) is 4.98 Å². The van der Waals surface area contributed by atoms with Crippen LogP contribution in [0.5, 0.6) is 0 Å². The lowest BCUT2D eigenvalue weighted by molar-refractivity contribution is -0.138. The zero-order valence-corrected chi connectivity index (χ0v) is 13.1. The van der Waals surface area contributed by atoms with Gasteiger partial charge in [-0.1, -0.05) is 11.3 Å². The number of esters is 2. The molecule has 7 nitrogen and oxygen atoms in total. The van der Waals surface area contributed by atoms with E-state index in [1.54, 1.807) is 6.07 Å². The van der Waals surface area contributed by atoms with Crippen molar-refractivity contribution >= 4 is 44.3 Å². The van der Waals surface area contributed by atoms with E-state index < -0.39 is 11.9 Å². The second kappa shape index (κ2) is 6.44. The SMILES string of the molecule is COC(=O)/C=C(/Nc1cc2nc(N)sc2cc1C)C(=O)OC. The zero-order chi connectivity index (χ0) is 16.3. The Morgan fingerprint density at radius 3 is 2.68 bits per heavy atom. The van der Waals surface area contributed by atoms with E-state index in [0.717, 1.165) is 16.3 Å². The number of nitrogen functional groups attached to an aromatic ring is 1. The highest BCUT2D eigenvalue weighted by Crippen LogP contribution is 2.29. The van der Waals surface area contributed by atoms with Gasteiger partial charge >= 0.3 is 11.9 Å². The van der Waals surface area contributed by atoms with Gasteiger partial charge in [0.25, 0.3) is 0 Å². The molecule has 1 aromatic heterocycles. The predicted molar refractivity (Wildman–Crippen MR) is 84.5 cm³/mol. The van der Waals surface area contributed by atoms with Gasteiger partial charge in [0.05, 0.1) is 30.5 Å². The molecule has 0 fully saturated rings. The first-order valence-corrected chi connectivity index (χ1v) is 7.08. The van der Waals surface area contributed by atoms with Crippen LogP contribution in [0.3, 0.4) is 0 Å². The van der Waals surface area contributed by atoms with E-state index >= 15 is 0 Å². The zero-order valence-electron chi connectivity index (χ0n) is 12.3. The van der Waals surface area contributed by atoms with Crippen molar-refractivity contribution in [3.63, 3.8) is 0 Å². The molecule has 0 amide bonds. The topological polar surface area (TPSA) is 104 Å². The standard InChI is InChI=1S/C14H15N3O4S/c1-7-4-11-9(17-14(15)22-11)5-8(7)16-10(13(19)21-3)6-12(18)20-2/h4-6,16H,1-3H3,(H2,15,17)/b10-6+. The Balaban J connectivity index is 2.41. The van der Waals surface area contributed by atoms with Crippen LogP contribution >= 0.6 is 11.3 Å². The third-order valence-electron chi connectivity index (χ3n) is 2.89. The van der Waals surface area contributed by atoms with Gasteiger partial charge in [0.1, 0.15) is 5.70 Å². The van der Waals surface area contributed by atoms with E-state index in [1.165, 1.54) is 25.6 Å². The van der Waals surface area contributed by atoms with Gasteiger partial charge in [0.2, 0.25) is 0 Å². The number of hydrogen-bond acceptors (Lipinski definition) is 8. The molecule has 0 aliphatic heterocycles. The third kappa shape index (κ3) is 3.34. The summed E-state index contributed by atoms with van der Waals surface area (Å²) < 4.78 is 10.1. The van der Waals surface area contributed by atoms with Crippen molar-refractivity contribution < 1.29 is 19.1 Å². The van der Waals surface area contributed by atoms with E-state index in [9.17, 15) is 9.59 Å². The molecule has 1 heterocycles. The number of aryl methyl sites for hydroxylation is 1. The molecular weight excluding hydrogens is 306 g/mol. The molecule has 22 heavy (non-hydrogen) atoms. The fraction of sp³-hybridized carbons (Fsp3) is 0.214. The molecule has 116 valence electrons. The molecule has 1 aromatic carbocycles. The largest absolute Gasteiger partial charge is 0.466 e. The molecule has 0 unspecified atom stereocenters. The molecule has 8 heteroatoms. The normalized spacial score (nSPS) is 11.3. The molecule has 0 aliphatic rings. The van der Waals surface area contributed by atoms with Gasteiger partial charge in [0, 0.05) is 5.69 Å². The molecule has 0 aliphatic carbocycles. The van der Waals surface area contributed by atoms with Crippen LogP contribution in [-0.2, 0) is 19.1 Å². The monoisotopic (exact) mass is 321 g/mol. The van der Waals surface area contributed by atoms with Crippen molar-refractivity contribution in [1.29, 1.82) is 0 Å². The number of nitrogens with two attached hydrogens (primary N) is 1. The Kier molecular flexibility index (Phi) is 4.62. The van der Waals surface area contributed by atoms with E-state index in [0.29, 0.717) is 16.3 Å². The van der Waals surface area contributed by atoms with E-state index in [4.69, 9.17) is 5.73 Å². The second-order valence-electron chi connectivity index (χ2n) is 4.38. The number of carbonyl (C=O) groups is 2. The summed E-state index contributed by atoms with van der Waals surface area (Å²) in [6, 6.07) is 3.66. The number of hydrogen-bond donors (Lipinski definition) is 2. The van der Waals surface area contributed by atoms with E-state index in [2.05, 4.69) is 19.8 Å². The highest BCUT2D eigenvalue weighted by atomic mass is 32.1. The van der Waals surface area contributed by atoms with Gasteiger partial charge in [-0.2, -0.15) is 0 Å². The summed E-state index contributed by atoms with van der Waals surface area (Å²) in [6.45, 7) is 1.87. The Hall–Kier alpha value is -2.61. The van der Waals surface area contributed by atoms with E-state index in [1.807, 2.05) is 13.0 Å². The third-order valence-corrected chi connectivity index (χ3v) is 3.74. The van der Waals surface area contributed by atoms with Gasteiger partial charge < -0.3 is 20.5 Å². The molecule has 0 atom stereocenters. The lowest BCUT2D eigenvalue weighted by Crippen LogP contribution is -2.16. The highest BCUT2D eigenvalue weighted by molar-refractivity contribution is 7.22. The van der Waals surface area contributed by atoms with Crippen LogP contribution in [0.4, 0.5) is 10.8 Å². The van der Waals surface area contributed by atoms with Crippen LogP contribution in [0.1, 0.15) is 5.56 Å². The predicted octanol–water partition coefficient (Wildman–Crippen LogP) is 1.83. The second-order valence-corrected chi connectivity index (χ2v) is 5.45. The number of carbonyl (C=O) groups excluding carboxylic acids is 2. The van der Waals surface area contributed by atoms with Crippen LogP contribution in [0.15, 0.2) is 23.9 Å². The minimum atomic E-state index is -0.678. The summed E-state index contributed by atoms with van der Waals surface area (Å²) in [5, 5.41) is 3.34. The minimum Gasteiger partial charge on any atom is -0.466 e. The van der Waals surface area contributed by atoms with Crippen molar-refractivity contribution in [2.24, 2.45) is 0 Å². The van der Waals surface area contributed by atoms with Gasteiger partial charge in [-0.25, -0.2) is 14.6 Å². The Labute approximate surface area is 130 Å². The first kappa shape index (κ1) is 15.8. The fourth-order valence-corrected chi connectivity index (χ4v) is 2.62. The molecule has 0 saturated carbocycles. The number of ether oxygens (including phenoxy) is 2. The van der Waals surface area contributed by atoms with Crippen LogP contribution in [-0.4, -0.2) is 31.1 Å². The summed E-state index contributed by atoms with van der Waals surface area (Å²) in [6.07, 6.45) is 1.03. The molecule has 2 aromatic rings. The summed E-state index contributed by atoms with van der Waals surface area (Å²) in [4.78, 5) is 27.3. The molecule has 3 N–H and O–H groups in total. The summed E-state index contributed by atoms with van der Waals surface area (Å²) >= 11 is 1.38. The Morgan fingerprint density at radius 2 is 2.05 bits per heavy atom. The summed E-state index contributed by atoms with van der Waals surface area (Å²) in [5.41, 5.74) is 7.86. The van der Waals surface area contributed by atoms with Crippen LogP contribution in [0.2, 0.25) is 0 Å². The number of fused-ring (bicyclic) bond motifs is 1. The highest BCUT2D eigenvalue weighted by Gasteiger charge is 2.15. The summed E-state index contributed by atoms with van der Waals surface area (Å²) in [5.74, 6) is -1.34. The number of nitrogens with one attached hydrogen (secondary N) is 1. The molecule has 0 saturated heterocycles. The number of anilines is 2. The Morgan fingerprint density at radius 1 is 1.32 bits per heavy atom. The maximum absolute atomic E-state index is 11.8. The quantitative estimate of drug-likeness (QED) is 0.654. The van der Waals surface area contributed by atoms with Crippen molar-refractivity contribution in [2.45, 2.75) is 6.92 Å². The van der Waals surface area contributed by atoms with E-state index in [-0.39, 0.29) is 5.70 Å². The maximum atomic E-state index is 11.8. The van der Waals surface area contributed by atoms with Crippen molar-refractivity contribution in [3.05, 3.63) is 29.5 Å². The Bertz CT molecular complexity index is 767. The van der Waals surface area contributed by atoms with Gasteiger partial charge in [-0.15, -0.1) is 0 Å². The molecule has 2 rings (SSSR count). The number of benzene rings is 1. The van der Waals surface area contributed by atoms with Crippen molar-refractivity contribution in [2.75, 3.05) is 25.3 Å². The van der Waals surface area contributed by atoms with Gasteiger partial charge in [-0.3, -0.25) is 0 Å². The lowest BCUT2D eigenvalue weighted by atomic mass is 10.2. The molecule has 0 radical (unpaired) electrons. The first-order valence-electron chi connectivity index (χ1n) is 6.26. The average Bonchev–Trinajstić information content (AvgIpc) is 2.84. The number of aromatic nitrogens is 1. The number of methoxy groups -OCH3 is 2. The number of thiazole rings is 1.